The lowest BCUT2D eigenvalue weighted by Crippen LogP contribution is -2.15. The van der Waals surface area contributed by atoms with Crippen LogP contribution in [-0.4, -0.2) is 10.8 Å². The lowest BCUT2D eigenvalue weighted by molar-refractivity contribution is -0.342. The van der Waals surface area contributed by atoms with E-state index in [0.717, 1.165) is 11.3 Å². The SMILES string of the molecule is CC(=O)c1ncc(COP(=O)([O-])[O-])s1. The van der Waals surface area contributed by atoms with Gasteiger partial charge in [0.2, 0.25) is 0 Å². The Balaban J connectivity index is 2.61. The van der Waals surface area contributed by atoms with Crippen molar-refractivity contribution in [2.24, 2.45) is 0 Å². The first-order valence-electron chi connectivity index (χ1n) is 3.51. The predicted octanol–water partition coefficient (Wildman–Crippen LogP) is -0.309. The molecule has 0 aliphatic rings. The van der Waals surface area contributed by atoms with Gasteiger partial charge in [-0.25, -0.2) is 4.98 Å². The molecule has 0 aliphatic carbocycles. The Labute approximate surface area is 83.8 Å². The molecule has 1 rings (SSSR count). The lowest BCUT2D eigenvalue weighted by Gasteiger charge is -2.27. The molecule has 0 saturated carbocycles. The molecule has 0 aliphatic heterocycles. The van der Waals surface area contributed by atoms with Crippen molar-refractivity contribution in [2.45, 2.75) is 13.5 Å². The van der Waals surface area contributed by atoms with Crippen LogP contribution >= 0.6 is 19.2 Å². The summed E-state index contributed by atoms with van der Waals surface area (Å²) in [6.45, 7) is 0.977. The quantitative estimate of drug-likeness (QED) is 0.524. The topological polar surface area (TPSA) is 102 Å². The highest BCUT2D eigenvalue weighted by Crippen LogP contribution is 2.27. The summed E-state index contributed by atoms with van der Waals surface area (Å²) in [6.07, 6.45) is 1.30. The van der Waals surface area contributed by atoms with E-state index in [9.17, 15) is 19.1 Å². The smallest absolute Gasteiger partial charge is 0.188 e. The van der Waals surface area contributed by atoms with Crippen LogP contribution in [0.2, 0.25) is 0 Å². The van der Waals surface area contributed by atoms with Crippen molar-refractivity contribution in [1.29, 1.82) is 0 Å². The second kappa shape index (κ2) is 4.29. The molecule has 8 heteroatoms. The van der Waals surface area contributed by atoms with E-state index < -0.39 is 7.82 Å². The molecule has 0 amide bonds. The van der Waals surface area contributed by atoms with Gasteiger partial charge in [-0.15, -0.1) is 11.3 Å². The summed E-state index contributed by atoms with van der Waals surface area (Å²) in [5, 5.41) is 0.259. The van der Waals surface area contributed by atoms with Crippen LogP contribution in [0.4, 0.5) is 0 Å². The third-order valence-corrected chi connectivity index (χ3v) is 2.74. The number of aromatic nitrogens is 1. The molecule has 0 atom stereocenters. The first kappa shape index (κ1) is 11.5. The van der Waals surface area contributed by atoms with E-state index in [-0.39, 0.29) is 17.4 Å². The monoisotopic (exact) mass is 235 g/mol. The summed E-state index contributed by atoms with van der Waals surface area (Å²) >= 11 is 0.997. The Bertz CT molecular complexity index is 383. The number of nitrogens with zero attached hydrogens (tertiary/aromatic N) is 1. The minimum Gasteiger partial charge on any atom is -0.790 e. The zero-order chi connectivity index (χ0) is 10.8. The molecule has 0 N–H and O–H groups in total. The molecule has 78 valence electrons. The number of phosphoric ester groups is 1. The second-order valence-corrected chi connectivity index (χ2v) is 4.68. The van der Waals surface area contributed by atoms with Crippen LogP contribution in [0, 0.1) is 0 Å². The van der Waals surface area contributed by atoms with Crippen LogP contribution in [0.15, 0.2) is 6.20 Å². The lowest BCUT2D eigenvalue weighted by atomic mass is 10.5. The zero-order valence-electron chi connectivity index (χ0n) is 7.13. The van der Waals surface area contributed by atoms with Crippen LogP contribution in [0.1, 0.15) is 21.6 Å². The van der Waals surface area contributed by atoms with Gasteiger partial charge in [0.1, 0.15) is 0 Å². The maximum absolute atomic E-state index is 10.8. The molecule has 0 bridgehead atoms. The number of phosphoric acid groups is 1. The van der Waals surface area contributed by atoms with Crippen LogP contribution in [0.3, 0.4) is 0 Å². The van der Waals surface area contributed by atoms with E-state index in [2.05, 4.69) is 9.51 Å². The highest BCUT2D eigenvalue weighted by Gasteiger charge is 2.06. The van der Waals surface area contributed by atoms with Gasteiger partial charge in [0.25, 0.3) is 0 Å². The fourth-order valence-corrected chi connectivity index (χ4v) is 1.78. The van der Waals surface area contributed by atoms with E-state index in [0.29, 0.717) is 4.88 Å². The van der Waals surface area contributed by atoms with Crippen LogP contribution < -0.4 is 9.79 Å². The molecular weight excluding hydrogens is 229 g/mol. The van der Waals surface area contributed by atoms with Gasteiger partial charge in [0.05, 0.1) is 19.3 Å². The van der Waals surface area contributed by atoms with Gasteiger partial charge < -0.3 is 18.9 Å². The number of hydrogen-bond acceptors (Lipinski definition) is 7. The standard InChI is InChI=1S/C6H8NO5PS/c1-4(8)6-7-2-5(14-6)3-12-13(9,10)11/h2H,3H2,1H3,(H2,9,10,11)/p-2. The van der Waals surface area contributed by atoms with Gasteiger partial charge in [-0.1, -0.05) is 0 Å². The summed E-state index contributed by atoms with van der Waals surface area (Å²) in [5.74, 6) is -0.214. The van der Waals surface area contributed by atoms with Gasteiger partial charge >= 0.3 is 0 Å². The van der Waals surface area contributed by atoms with E-state index in [1.807, 2.05) is 0 Å². The second-order valence-electron chi connectivity index (χ2n) is 2.41. The van der Waals surface area contributed by atoms with Gasteiger partial charge in [-0.05, 0) is 0 Å². The fourth-order valence-electron chi connectivity index (χ4n) is 0.680. The summed E-state index contributed by atoms with van der Waals surface area (Å²) in [5.41, 5.74) is 0. The third-order valence-electron chi connectivity index (χ3n) is 1.22. The van der Waals surface area contributed by atoms with Gasteiger partial charge in [0, 0.05) is 13.1 Å². The van der Waals surface area contributed by atoms with E-state index in [1.54, 1.807) is 0 Å². The molecule has 6 nitrogen and oxygen atoms in total. The van der Waals surface area contributed by atoms with Crippen molar-refractivity contribution in [2.75, 3.05) is 0 Å². The number of Topliss-reactive ketones (excluding diaryl/α,β-unsaturated/α-hetero) is 1. The van der Waals surface area contributed by atoms with E-state index in [1.165, 1.54) is 13.1 Å². The molecule has 1 aromatic rings. The molecule has 0 fully saturated rings. The molecule has 1 aromatic heterocycles. The summed E-state index contributed by atoms with van der Waals surface area (Å²) < 4.78 is 14.1. The fraction of sp³-hybridized carbons (Fsp3) is 0.333. The first-order chi connectivity index (χ1) is 6.38. The van der Waals surface area contributed by atoms with Gasteiger partial charge in [-0.3, -0.25) is 4.79 Å². The molecule has 14 heavy (non-hydrogen) atoms. The van der Waals surface area contributed by atoms with Crippen molar-refractivity contribution in [3.05, 3.63) is 16.1 Å². The number of carbonyl (C=O) groups excluding carboxylic acids is 1. The molecular formula is C6H6NO5PS-2. The average molecular weight is 235 g/mol. The first-order valence-corrected chi connectivity index (χ1v) is 5.78. The minimum absolute atomic E-state index is 0.214. The Morgan fingerprint density at radius 2 is 2.36 bits per heavy atom. The molecule has 0 spiro atoms. The Morgan fingerprint density at radius 1 is 1.71 bits per heavy atom. The van der Waals surface area contributed by atoms with Gasteiger partial charge in [-0.2, -0.15) is 0 Å². The van der Waals surface area contributed by atoms with Crippen LogP contribution in [0.25, 0.3) is 0 Å². The maximum Gasteiger partial charge on any atom is 0.188 e. The average Bonchev–Trinajstić information content (AvgIpc) is 2.47. The highest BCUT2D eigenvalue weighted by molar-refractivity contribution is 7.43. The van der Waals surface area contributed by atoms with E-state index in [4.69, 9.17) is 0 Å². The molecule has 1 heterocycles. The summed E-state index contributed by atoms with van der Waals surface area (Å²) in [4.78, 5) is 35.1. The number of hydrogen-bond donors (Lipinski definition) is 0. The normalized spacial score (nSPS) is 11.6. The van der Waals surface area contributed by atoms with Gasteiger partial charge in [0.15, 0.2) is 10.8 Å². The van der Waals surface area contributed by atoms with Crippen molar-refractivity contribution in [1.82, 2.24) is 4.98 Å². The largest absolute Gasteiger partial charge is 0.790 e. The van der Waals surface area contributed by atoms with E-state index >= 15 is 0 Å². The van der Waals surface area contributed by atoms with Crippen LogP contribution in [-0.2, 0) is 15.7 Å². The van der Waals surface area contributed by atoms with Crippen molar-refractivity contribution >= 4 is 24.9 Å². The highest BCUT2D eigenvalue weighted by atomic mass is 32.1. The van der Waals surface area contributed by atoms with Crippen LogP contribution in [0.5, 0.6) is 0 Å². The van der Waals surface area contributed by atoms with Crippen molar-refractivity contribution in [3.63, 3.8) is 0 Å². The number of rotatable bonds is 4. The molecule has 0 unspecified atom stereocenters. The predicted molar refractivity (Wildman–Crippen MR) is 44.5 cm³/mol. The number of thiazole rings is 1. The Kier molecular flexibility index (Phi) is 3.52. The Morgan fingerprint density at radius 3 is 2.79 bits per heavy atom. The van der Waals surface area contributed by atoms with Crippen molar-refractivity contribution in [3.8, 4) is 0 Å². The van der Waals surface area contributed by atoms with Crippen molar-refractivity contribution < 1.29 is 23.7 Å². The number of ketones is 1. The maximum atomic E-state index is 10.8. The number of carbonyl (C=O) groups is 1. The molecule has 0 saturated heterocycles. The molecule has 0 radical (unpaired) electrons. The Hall–Kier alpha value is -0.590. The minimum atomic E-state index is -4.95. The molecule has 0 aromatic carbocycles. The summed E-state index contributed by atoms with van der Waals surface area (Å²) in [6, 6.07) is 0. The summed E-state index contributed by atoms with van der Waals surface area (Å²) in [7, 11) is -4.95. The zero-order valence-corrected chi connectivity index (χ0v) is 8.84. The third kappa shape index (κ3) is 3.65.